The van der Waals surface area contributed by atoms with Gasteiger partial charge in [-0.3, -0.25) is 0 Å². The third kappa shape index (κ3) is 2.71. The maximum atomic E-state index is 12.5. The van der Waals surface area contributed by atoms with Crippen LogP contribution in [0, 0.1) is 0 Å². The summed E-state index contributed by atoms with van der Waals surface area (Å²) in [6.07, 6.45) is 0. The van der Waals surface area contributed by atoms with E-state index in [4.69, 9.17) is 13.6 Å². The summed E-state index contributed by atoms with van der Waals surface area (Å²) in [5.41, 5.74) is 1.28. The Labute approximate surface area is 157 Å². The maximum absolute atomic E-state index is 12.5. The number of ketones is 1. The molecule has 0 aromatic heterocycles. The number of allylic oxidation sites excluding steroid dienone is 2. The van der Waals surface area contributed by atoms with Gasteiger partial charge in [0.15, 0.2) is 0 Å². The van der Waals surface area contributed by atoms with E-state index < -0.39 is 6.49 Å². The number of carbonyl (C=O) groups is 1. The predicted octanol–water partition coefficient (Wildman–Crippen LogP) is 5.67. The third-order valence-corrected chi connectivity index (χ3v) is 11.8. The van der Waals surface area contributed by atoms with Gasteiger partial charge in [-0.25, -0.2) is 0 Å². The zero-order chi connectivity index (χ0) is 18.2. The van der Waals surface area contributed by atoms with Crippen LogP contribution in [-0.4, -0.2) is 19.0 Å². The molecule has 6 heteroatoms. The van der Waals surface area contributed by atoms with Crippen LogP contribution in [0.15, 0.2) is 76.9 Å². The molecule has 1 fully saturated rings. The van der Waals surface area contributed by atoms with Crippen molar-refractivity contribution >= 4 is 23.7 Å². The first kappa shape index (κ1) is 17.7. The Morgan fingerprint density at radius 2 is 1.58 bits per heavy atom. The van der Waals surface area contributed by atoms with E-state index in [0.29, 0.717) is 24.5 Å². The minimum atomic E-state index is -3.70. The summed E-state index contributed by atoms with van der Waals surface area (Å²) in [4.78, 5) is 13.5. The Hall–Kier alpha value is -1.65. The SMILES string of the molecule is CC(=O)C1=C(C)OP2(Sc3ccccc3)(OCCO2)[C@H]1c1ccccc1. The molecule has 2 aliphatic rings. The van der Waals surface area contributed by atoms with E-state index in [0.717, 1.165) is 10.5 Å². The summed E-state index contributed by atoms with van der Waals surface area (Å²) in [6, 6.07) is 19.9. The first-order valence-corrected chi connectivity index (χ1v) is 12.1. The molecule has 0 amide bonds. The Balaban J connectivity index is 1.92. The predicted molar refractivity (Wildman–Crippen MR) is 105 cm³/mol. The van der Waals surface area contributed by atoms with Crippen molar-refractivity contribution in [2.24, 2.45) is 0 Å². The van der Waals surface area contributed by atoms with Gasteiger partial charge in [-0.05, 0) is 0 Å². The van der Waals surface area contributed by atoms with E-state index in [-0.39, 0.29) is 11.4 Å². The van der Waals surface area contributed by atoms with Crippen molar-refractivity contribution in [3.8, 4) is 0 Å². The average molecular weight is 388 g/mol. The van der Waals surface area contributed by atoms with Crippen molar-refractivity contribution in [2.45, 2.75) is 24.4 Å². The van der Waals surface area contributed by atoms with E-state index in [2.05, 4.69) is 0 Å². The summed E-state index contributed by atoms with van der Waals surface area (Å²) >= 11 is 1.51. The van der Waals surface area contributed by atoms with Crippen LogP contribution in [0.3, 0.4) is 0 Å². The van der Waals surface area contributed by atoms with Gasteiger partial charge in [-0.1, -0.05) is 0 Å². The van der Waals surface area contributed by atoms with Crippen molar-refractivity contribution in [1.82, 2.24) is 0 Å². The summed E-state index contributed by atoms with van der Waals surface area (Å²) in [7, 11) is 0. The topological polar surface area (TPSA) is 44.8 Å². The fourth-order valence-corrected chi connectivity index (χ4v) is 11.7. The molecule has 136 valence electrons. The van der Waals surface area contributed by atoms with Crippen LogP contribution in [0.25, 0.3) is 0 Å². The molecule has 1 spiro atoms. The van der Waals surface area contributed by atoms with Gasteiger partial charge in [0.25, 0.3) is 0 Å². The molecule has 0 aliphatic carbocycles. The van der Waals surface area contributed by atoms with Crippen LogP contribution in [0.5, 0.6) is 0 Å². The molecule has 1 saturated heterocycles. The molecule has 4 nitrogen and oxygen atoms in total. The number of rotatable bonds is 4. The molecular weight excluding hydrogens is 367 g/mol. The van der Waals surface area contributed by atoms with Gasteiger partial charge in [-0.2, -0.15) is 0 Å². The van der Waals surface area contributed by atoms with Crippen LogP contribution in [0.2, 0.25) is 0 Å². The van der Waals surface area contributed by atoms with Crippen molar-refractivity contribution in [1.29, 1.82) is 0 Å². The monoisotopic (exact) mass is 388 g/mol. The van der Waals surface area contributed by atoms with Gasteiger partial charge in [0.05, 0.1) is 0 Å². The summed E-state index contributed by atoms with van der Waals surface area (Å²) < 4.78 is 19.2. The summed E-state index contributed by atoms with van der Waals surface area (Å²) in [5.74, 6) is 0.597. The van der Waals surface area contributed by atoms with Gasteiger partial charge >= 0.3 is 157 Å². The molecule has 2 aromatic rings. The Morgan fingerprint density at radius 1 is 1.00 bits per heavy atom. The zero-order valence-corrected chi connectivity index (χ0v) is 16.5. The van der Waals surface area contributed by atoms with Crippen LogP contribution < -0.4 is 0 Å². The molecule has 0 bridgehead atoms. The Bertz CT molecular complexity index is 860. The number of hydrogen-bond acceptors (Lipinski definition) is 5. The van der Waals surface area contributed by atoms with E-state index in [1.807, 2.05) is 67.6 Å². The molecule has 2 aliphatic heterocycles. The molecule has 2 heterocycles. The van der Waals surface area contributed by atoms with Crippen molar-refractivity contribution in [2.75, 3.05) is 13.2 Å². The molecule has 26 heavy (non-hydrogen) atoms. The second kappa shape index (κ2) is 6.50. The minimum absolute atomic E-state index is 0.00869. The molecule has 0 radical (unpaired) electrons. The zero-order valence-electron chi connectivity index (χ0n) is 14.8. The summed E-state index contributed by atoms with van der Waals surface area (Å²) in [5, 5.41) is 0. The van der Waals surface area contributed by atoms with Gasteiger partial charge in [0, 0.05) is 0 Å². The summed E-state index contributed by atoms with van der Waals surface area (Å²) in [6.45, 7) is 0.638. The van der Waals surface area contributed by atoms with Crippen molar-refractivity contribution < 1.29 is 18.4 Å². The van der Waals surface area contributed by atoms with E-state index in [9.17, 15) is 4.79 Å². The number of hydrogen-bond donors (Lipinski definition) is 0. The van der Waals surface area contributed by atoms with Gasteiger partial charge in [-0.15, -0.1) is 0 Å². The van der Waals surface area contributed by atoms with Crippen molar-refractivity contribution in [3.05, 3.63) is 77.6 Å². The standard InChI is InChI=1S/C20H21O4PS/c1-15(21)19-16(2)24-25(22-13-14-23-25,26-18-11-7-4-8-12-18)20(19)17-9-5-3-6-10-17/h3-12,20H,13-14H2,1-2H3/t20-/m0/s1. The molecule has 0 unspecified atom stereocenters. The van der Waals surface area contributed by atoms with Gasteiger partial charge in [0.1, 0.15) is 0 Å². The molecule has 2 aromatic carbocycles. The fraction of sp³-hybridized carbons (Fsp3) is 0.250. The van der Waals surface area contributed by atoms with Crippen LogP contribution >= 0.6 is 17.9 Å². The molecule has 1 atom stereocenters. The second-order valence-corrected chi connectivity index (χ2v) is 12.5. The molecule has 0 N–H and O–H groups in total. The second-order valence-electron chi connectivity index (χ2n) is 6.37. The number of benzene rings is 2. The van der Waals surface area contributed by atoms with Crippen LogP contribution in [0.1, 0.15) is 25.1 Å². The van der Waals surface area contributed by atoms with Crippen LogP contribution in [0.4, 0.5) is 0 Å². The van der Waals surface area contributed by atoms with Crippen molar-refractivity contribution in [3.63, 3.8) is 0 Å². The first-order valence-electron chi connectivity index (χ1n) is 8.58. The Kier molecular flexibility index (Phi) is 4.44. The van der Waals surface area contributed by atoms with E-state index >= 15 is 0 Å². The first-order chi connectivity index (χ1) is 12.5. The Morgan fingerprint density at radius 3 is 2.15 bits per heavy atom. The van der Waals surface area contributed by atoms with Gasteiger partial charge < -0.3 is 0 Å². The normalized spacial score (nSPS) is 24.8. The fourth-order valence-electron chi connectivity index (χ4n) is 3.68. The van der Waals surface area contributed by atoms with Crippen LogP contribution in [-0.2, 0) is 18.4 Å². The van der Waals surface area contributed by atoms with E-state index in [1.54, 1.807) is 6.92 Å². The molecular formula is C20H21O4PS. The number of carbonyl (C=O) groups excluding carboxylic acids is 1. The third-order valence-electron chi connectivity index (χ3n) is 4.61. The molecule has 4 rings (SSSR count). The number of Topliss-reactive ketones (excluding diaryl/α,β-unsaturated/α-hetero) is 1. The van der Waals surface area contributed by atoms with E-state index in [1.165, 1.54) is 11.4 Å². The quantitative estimate of drug-likeness (QED) is 0.631. The average Bonchev–Trinajstić information content (AvgIpc) is 3.16. The van der Waals surface area contributed by atoms with Gasteiger partial charge in [0.2, 0.25) is 0 Å². The molecule has 0 saturated carbocycles.